The van der Waals surface area contributed by atoms with Crippen molar-refractivity contribution in [3.63, 3.8) is 0 Å². The van der Waals surface area contributed by atoms with Crippen LogP contribution < -0.4 is 0 Å². The average Bonchev–Trinajstić information content (AvgIpc) is 2.37. The molecule has 70 valence electrons. The number of carboxylic acid groups (broad SMARTS) is 1. The Morgan fingerprint density at radius 1 is 1.67 bits per heavy atom. The Labute approximate surface area is 73.4 Å². The molecule has 1 N–H and O–H groups in total. The number of nitrogens with zero attached hydrogens (tertiary/aromatic N) is 1. The summed E-state index contributed by atoms with van der Waals surface area (Å²) < 4.78 is 0. The van der Waals surface area contributed by atoms with E-state index in [-0.39, 0.29) is 6.54 Å². The van der Waals surface area contributed by atoms with E-state index in [0.717, 1.165) is 25.8 Å². The maximum absolute atomic E-state index is 10.5. The van der Waals surface area contributed by atoms with Crippen LogP contribution in [0.5, 0.6) is 0 Å². The first-order valence-corrected chi connectivity index (χ1v) is 4.70. The highest BCUT2D eigenvalue weighted by Crippen LogP contribution is 2.20. The Bertz CT molecular complexity index is 159. The van der Waals surface area contributed by atoms with Crippen LogP contribution in [0.25, 0.3) is 0 Å². The van der Waals surface area contributed by atoms with Gasteiger partial charge in [0.25, 0.3) is 0 Å². The normalized spacial score (nSPS) is 24.6. The van der Waals surface area contributed by atoms with Gasteiger partial charge in [0.2, 0.25) is 0 Å². The molecule has 3 heteroatoms. The van der Waals surface area contributed by atoms with Crippen LogP contribution in [-0.4, -0.2) is 35.1 Å². The van der Waals surface area contributed by atoms with Crippen LogP contribution in [0.2, 0.25) is 0 Å². The van der Waals surface area contributed by atoms with E-state index in [4.69, 9.17) is 5.11 Å². The molecule has 0 aromatic heterocycles. The number of likely N-dealkylation sites (tertiary alicyclic amines) is 1. The van der Waals surface area contributed by atoms with E-state index in [1.165, 1.54) is 6.42 Å². The van der Waals surface area contributed by atoms with E-state index in [0.29, 0.717) is 6.04 Å². The van der Waals surface area contributed by atoms with E-state index >= 15 is 0 Å². The maximum Gasteiger partial charge on any atom is 0.317 e. The highest BCUT2D eigenvalue weighted by atomic mass is 16.4. The number of hydrogen-bond acceptors (Lipinski definition) is 2. The second kappa shape index (κ2) is 4.45. The molecular formula is C9H17NO2. The van der Waals surface area contributed by atoms with Gasteiger partial charge in [0.15, 0.2) is 0 Å². The van der Waals surface area contributed by atoms with Gasteiger partial charge in [0, 0.05) is 6.04 Å². The molecule has 12 heavy (non-hydrogen) atoms. The zero-order valence-corrected chi connectivity index (χ0v) is 7.62. The Balaban J connectivity index is 2.35. The van der Waals surface area contributed by atoms with Crippen molar-refractivity contribution >= 4 is 5.97 Å². The Hall–Kier alpha value is -0.570. The summed E-state index contributed by atoms with van der Waals surface area (Å²) in [5, 5.41) is 8.62. The summed E-state index contributed by atoms with van der Waals surface area (Å²) in [5.74, 6) is -0.696. The van der Waals surface area contributed by atoms with Crippen molar-refractivity contribution in [2.45, 2.75) is 38.6 Å². The molecule has 0 amide bonds. The summed E-state index contributed by atoms with van der Waals surface area (Å²) >= 11 is 0. The Morgan fingerprint density at radius 3 is 3.00 bits per heavy atom. The summed E-state index contributed by atoms with van der Waals surface area (Å²) in [5.41, 5.74) is 0. The fraction of sp³-hybridized carbons (Fsp3) is 0.889. The molecule has 0 aliphatic carbocycles. The maximum atomic E-state index is 10.5. The van der Waals surface area contributed by atoms with Crippen LogP contribution in [0.15, 0.2) is 0 Å². The first kappa shape index (κ1) is 9.52. The molecule has 1 heterocycles. The zero-order chi connectivity index (χ0) is 8.97. The second-order valence-corrected chi connectivity index (χ2v) is 3.45. The lowest BCUT2D eigenvalue weighted by Crippen LogP contribution is -2.34. The van der Waals surface area contributed by atoms with Crippen molar-refractivity contribution in [3.05, 3.63) is 0 Å². The van der Waals surface area contributed by atoms with Gasteiger partial charge in [0.05, 0.1) is 6.54 Å². The Morgan fingerprint density at radius 2 is 2.42 bits per heavy atom. The molecule has 0 radical (unpaired) electrons. The van der Waals surface area contributed by atoms with Gasteiger partial charge in [-0.3, -0.25) is 9.69 Å². The predicted molar refractivity (Wildman–Crippen MR) is 47.1 cm³/mol. The Kier molecular flexibility index (Phi) is 3.53. The first-order chi connectivity index (χ1) is 5.74. The van der Waals surface area contributed by atoms with Crippen molar-refractivity contribution in [1.29, 1.82) is 0 Å². The molecule has 1 atom stereocenters. The molecule has 0 aromatic rings. The standard InChI is InChI=1S/C9H17NO2/c1-2-4-8-5-3-6-10(8)7-9(11)12/h8H,2-7H2,1H3,(H,11,12). The molecular weight excluding hydrogens is 154 g/mol. The third-order valence-electron chi connectivity index (χ3n) is 2.46. The fourth-order valence-electron chi connectivity index (χ4n) is 1.94. The fourth-order valence-corrected chi connectivity index (χ4v) is 1.94. The molecule has 0 saturated carbocycles. The van der Waals surface area contributed by atoms with Gasteiger partial charge >= 0.3 is 5.97 Å². The van der Waals surface area contributed by atoms with Gasteiger partial charge in [-0.25, -0.2) is 0 Å². The topological polar surface area (TPSA) is 40.5 Å². The molecule has 1 unspecified atom stereocenters. The molecule has 1 aliphatic rings. The molecule has 1 aliphatic heterocycles. The minimum atomic E-state index is -0.696. The molecule has 3 nitrogen and oxygen atoms in total. The van der Waals surface area contributed by atoms with E-state index in [2.05, 4.69) is 11.8 Å². The van der Waals surface area contributed by atoms with Gasteiger partial charge in [0.1, 0.15) is 0 Å². The van der Waals surface area contributed by atoms with Crippen LogP contribution in [0.1, 0.15) is 32.6 Å². The zero-order valence-electron chi connectivity index (χ0n) is 7.62. The third kappa shape index (κ3) is 2.48. The average molecular weight is 171 g/mol. The van der Waals surface area contributed by atoms with Crippen LogP contribution in [0.3, 0.4) is 0 Å². The third-order valence-corrected chi connectivity index (χ3v) is 2.46. The smallest absolute Gasteiger partial charge is 0.317 e. The van der Waals surface area contributed by atoms with Crippen molar-refractivity contribution < 1.29 is 9.90 Å². The first-order valence-electron chi connectivity index (χ1n) is 4.70. The van der Waals surface area contributed by atoms with Crippen LogP contribution in [0, 0.1) is 0 Å². The lowest BCUT2D eigenvalue weighted by molar-refractivity contribution is -0.138. The molecule has 0 bridgehead atoms. The van der Waals surface area contributed by atoms with Crippen molar-refractivity contribution in [2.75, 3.05) is 13.1 Å². The number of rotatable bonds is 4. The largest absolute Gasteiger partial charge is 0.480 e. The quantitative estimate of drug-likeness (QED) is 0.693. The minimum absolute atomic E-state index is 0.227. The van der Waals surface area contributed by atoms with Crippen molar-refractivity contribution in [3.8, 4) is 0 Å². The van der Waals surface area contributed by atoms with Crippen LogP contribution in [0.4, 0.5) is 0 Å². The summed E-state index contributed by atoms with van der Waals surface area (Å²) in [7, 11) is 0. The summed E-state index contributed by atoms with van der Waals surface area (Å²) in [4.78, 5) is 12.6. The predicted octanol–water partition coefficient (Wildman–Crippen LogP) is 1.34. The number of carbonyl (C=O) groups is 1. The SMILES string of the molecule is CCCC1CCCN1CC(=O)O. The van der Waals surface area contributed by atoms with Crippen LogP contribution in [-0.2, 0) is 4.79 Å². The van der Waals surface area contributed by atoms with E-state index in [1.54, 1.807) is 0 Å². The summed E-state index contributed by atoms with van der Waals surface area (Å²) in [6, 6.07) is 0.533. The van der Waals surface area contributed by atoms with Gasteiger partial charge in [-0.15, -0.1) is 0 Å². The second-order valence-electron chi connectivity index (χ2n) is 3.45. The lowest BCUT2D eigenvalue weighted by Gasteiger charge is -2.21. The highest BCUT2D eigenvalue weighted by molar-refractivity contribution is 5.69. The van der Waals surface area contributed by atoms with E-state index in [1.807, 2.05) is 0 Å². The molecule has 0 aromatic carbocycles. The summed E-state index contributed by atoms with van der Waals surface area (Å²) in [6.45, 7) is 3.35. The van der Waals surface area contributed by atoms with Gasteiger partial charge in [-0.2, -0.15) is 0 Å². The molecule has 1 rings (SSSR count). The van der Waals surface area contributed by atoms with Gasteiger partial charge in [-0.1, -0.05) is 13.3 Å². The van der Waals surface area contributed by atoms with E-state index in [9.17, 15) is 4.79 Å². The lowest BCUT2D eigenvalue weighted by atomic mass is 10.1. The molecule has 0 spiro atoms. The number of aliphatic carboxylic acids is 1. The number of carboxylic acids is 1. The minimum Gasteiger partial charge on any atom is -0.480 e. The van der Waals surface area contributed by atoms with Crippen molar-refractivity contribution in [1.82, 2.24) is 4.90 Å². The van der Waals surface area contributed by atoms with E-state index < -0.39 is 5.97 Å². The van der Waals surface area contributed by atoms with Crippen LogP contribution >= 0.6 is 0 Å². The molecule has 1 fully saturated rings. The monoisotopic (exact) mass is 171 g/mol. The molecule has 1 saturated heterocycles. The van der Waals surface area contributed by atoms with Gasteiger partial charge < -0.3 is 5.11 Å². The van der Waals surface area contributed by atoms with Gasteiger partial charge in [-0.05, 0) is 25.8 Å². The van der Waals surface area contributed by atoms with Crippen molar-refractivity contribution in [2.24, 2.45) is 0 Å². The highest BCUT2D eigenvalue weighted by Gasteiger charge is 2.24. The number of hydrogen-bond donors (Lipinski definition) is 1. The summed E-state index contributed by atoms with van der Waals surface area (Å²) in [6.07, 6.45) is 4.65.